The van der Waals surface area contributed by atoms with E-state index >= 15 is 4.39 Å². The molecule has 1 heterocycles. The van der Waals surface area contributed by atoms with Crippen molar-refractivity contribution in [3.05, 3.63) is 93.8 Å². The molecule has 8 heteroatoms. The van der Waals surface area contributed by atoms with Crippen molar-refractivity contribution < 1.29 is 32.6 Å². The van der Waals surface area contributed by atoms with Gasteiger partial charge in [-0.25, -0.2) is 18.4 Å². The first-order valence-electron chi connectivity index (χ1n) is 11.2. The molecule has 186 valence electrons. The van der Waals surface area contributed by atoms with Crippen LogP contribution in [0.25, 0.3) is 0 Å². The molecule has 0 saturated carbocycles. The number of hydrogen-bond donors (Lipinski definition) is 1. The molecule has 0 aliphatic carbocycles. The number of esters is 2. The molecule has 2 atom stereocenters. The van der Waals surface area contributed by atoms with E-state index in [1.807, 2.05) is 30.3 Å². The largest absolute Gasteiger partial charge is 0.460 e. The van der Waals surface area contributed by atoms with Crippen LogP contribution in [-0.2, 0) is 23.8 Å². The molecule has 0 bridgehead atoms. The number of nitrogens with one attached hydrogen (secondary N) is 1. The summed E-state index contributed by atoms with van der Waals surface area (Å²) in [5.41, 5.74) is 1.36. The van der Waals surface area contributed by atoms with Crippen molar-refractivity contribution >= 4 is 11.9 Å². The third-order valence-electron chi connectivity index (χ3n) is 5.66. The second-order valence-corrected chi connectivity index (χ2v) is 8.47. The van der Waals surface area contributed by atoms with Crippen LogP contribution in [0.15, 0.2) is 71.1 Å². The Bertz CT molecular complexity index is 1160. The molecule has 0 amide bonds. The fraction of sp³-hybridized carbons (Fsp3) is 0.333. The molecule has 0 saturated heterocycles. The van der Waals surface area contributed by atoms with Crippen molar-refractivity contribution in [3.8, 4) is 0 Å². The highest BCUT2D eigenvalue weighted by Gasteiger charge is 2.40. The van der Waals surface area contributed by atoms with Crippen LogP contribution in [0.2, 0.25) is 0 Å². The number of carbonyl (C=O) groups excluding carboxylic acids is 2. The van der Waals surface area contributed by atoms with Gasteiger partial charge < -0.3 is 19.5 Å². The van der Waals surface area contributed by atoms with Crippen LogP contribution >= 0.6 is 0 Å². The minimum absolute atomic E-state index is 0.00657. The predicted molar refractivity (Wildman–Crippen MR) is 126 cm³/mol. The molecule has 6 nitrogen and oxygen atoms in total. The maximum atomic E-state index is 15.0. The smallest absolute Gasteiger partial charge is 0.337 e. The lowest BCUT2D eigenvalue weighted by atomic mass is 9.80. The Kier molecular flexibility index (Phi) is 8.40. The number of carbonyl (C=O) groups is 2. The molecule has 1 aliphatic heterocycles. The van der Waals surface area contributed by atoms with Gasteiger partial charge in [0.25, 0.3) is 0 Å². The highest BCUT2D eigenvalue weighted by Crippen LogP contribution is 2.41. The molecular formula is C27H29F2NO5. The number of hydrogen-bond acceptors (Lipinski definition) is 6. The summed E-state index contributed by atoms with van der Waals surface area (Å²) in [6, 6.07) is 12.8. The zero-order valence-electron chi connectivity index (χ0n) is 20.4. The number of ether oxygens (including phenoxy) is 3. The van der Waals surface area contributed by atoms with Gasteiger partial charge in [-0.05, 0) is 39.3 Å². The summed E-state index contributed by atoms with van der Waals surface area (Å²) in [4.78, 5) is 26.4. The SMILES string of the molecule is CO[C@H](COC(=O)C1=C(C)NC(C)=C(C(=O)OC(C)C)C1c1cccc(F)c1F)c1ccccc1. The lowest BCUT2D eigenvalue weighted by molar-refractivity contribution is -0.143. The lowest BCUT2D eigenvalue weighted by Gasteiger charge is -2.31. The molecule has 0 spiro atoms. The third kappa shape index (κ3) is 5.77. The number of benzene rings is 2. The minimum Gasteiger partial charge on any atom is -0.460 e. The first-order chi connectivity index (χ1) is 16.6. The molecule has 1 aliphatic rings. The molecule has 2 aromatic carbocycles. The average molecular weight is 486 g/mol. The van der Waals surface area contributed by atoms with E-state index in [1.54, 1.807) is 27.7 Å². The van der Waals surface area contributed by atoms with E-state index in [1.165, 1.54) is 19.2 Å². The highest BCUT2D eigenvalue weighted by molar-refractivity contribution is 6.00. The maximum Gasteiger partial charge on any atom is 0.337 e. The summed E-state index contributed by atoms with van der Waals surface area (Å²) in [5, 5.41) is 2.99. The standard InChI is InChI=1S/C27H29F2NO5/c1-15(2)35-27(32)23-17(4)30-16(3)22(24(23)19-12-9-13-20(28)25(19)29)26(31)34-14-21(33-5)18-10-7-6-8-11-18/h6-13,15,21,24,30H,14H2,1-5H3/t21-,24?/m1/s1. The van der Waals surface area contributed by atoms with Crippen LogP contribution in [0.3, 0.4) is 0 Å². The summed E-state index contributed by atoms with van der Waals surface area (Å²) in [6.45, 7) is 6.45. The van der Waals surface area contributed by atoms with Crippen LogP contribution in [0.4, 0.5) is 8.78 Å². The maximum absolute atomic E-state index is 15.0. The Labute approximate surface area is 203 Å². The normalized spacial score (nSPS) is 16.7. The number of dihydropyridines is 1. The van der Waals surface area contributed by atoms with Crippen molar-refractivity contribution in [3.63, 3.8) is 0 Å². The van der Waals surface area contributed by atoms with Crippen molar-refractivity contribution in [1.82, 2.24) is 5.32 Å². The Morgan fingerprint density at radius 1 is 0.943 bits per heavy atom. The third-order valence-corrected chi connectivity index (χ3v) is 5.66. The zero-order valence-corrected chi connectivity index (χ0v) is 20.4. The van der Waals surface area contributed by atoms with Gasteiger partial charge in [0, 0.05) is 24.1 Å². The molecule has 1 unspecified atom stereocenters. The van der Waals surface area contributed by atoms with Crippen molar-refractivity contribution in [2.75, 3.05) is 13.7 Å². The van der Waals surface area contributed by atoms with E-state index in [9.17, 15) is 14.0 Å². The zero-order chi connectivity index (χ0) is 25.7. The monoisotopic (exact) mass is 485 g/mol. The van der Waals surface area contributed by atoms with Crippen molar-refractivity contribution in [1.29, 1.82) is 0 Å². The van der Waals surface area contributed by atoms with Crippen LogP contribution in [-0.4, -0.2) is 31.8 Å². The molecular weight excluding hydrogens is 456 g/mol. The molecule has 35 heavy (non-hydrogen) atoms. The van der Waals surface area contributed by atoms with E-state index in [-0.39, 0.29) is 23.3 Å². The Morgan fingerprint density at radius 3 is 2.17 bits per heavy atom. The van der Waals surface area contributed by atoms with Crippen LogP contribution in [0, 0.1) is 11.6 Å². The van der Waals surface area contributed by atoms with Gasteiger partial charge in [-0.2, -0.15) is 0 Å². The Balaban J connectivity index is 2.01. The first-order valence-corrected chi connectivity index (χ1v) is 11.2. The highest BCUT2D eigenvalue weighted by atomic mass is 19.2. The van der Waals surface area contributed by atoms with Crippen molar-refractivity contribution in [2.24, 2.45) is 0 Å². The second-order valence-electron chi connectivity index (χ2n) is 8.47. The molecule has 3 rings (SSSR count). The van der Waals surface area contributed by atoms with Gasteiger partial charge in [-0.15, -0.1) is 0 Å². The summed E-state index contributed by atoms with van der Waals surface area (Å²) in [5.74, 6) is -5.01. The molecule has 0 aromatic heterocycles. The number of allylic oxidation sites excluding steroid dienone is 2. The van der Waals surface area contributed by atoms with Gasteiger partial charge >= 0.3 is 11.9 Å². The van der Waals surface area contributed by atoms with Crippen LogP contribution in [0.1, 0.15) is 50.8 Å². The van der Waals surface area contributed by atoms with Gasteiger partial charge in [0.2, 0.25) is 0 Å². The van der Waals surface area contributed by atoms with Gasteiger partial charge in [0.15, 0.2) is 11.6 Å². The lowest BCUT2D eigenvalue weighted by Crippen LogP contribution is -2.34. The van der Waals surface area contributed by atoms with E-state index in [0.29, 0.717) is 11.4 Å². The summed E-state index contributed by atoms with van der Waals surface area (Å²) < 4.78 is 45.6. The fourth-order valence-electron chi connectivity index (χ4n) is 4.06. The van der Waals surface area contributed by atoms with E-state index < -0.39 is 41.7 Å². The second kappa shape index (κ2) is 11.3. The topological polar surface area (TPSA) is 73.9 Å². The Hall–Kier alpha value is -3.52. The van der Waals surface area contributed by atoms with Crippen LogP contribution < -0.4 is 5.32 Å². The predicted octanol–water partition coefficient (Wildman–Crippen LogP) is 5.08. The first kappa shape index (κ1) is 26.1. The van der Waals surface area contributed by atoms with Gasteiger partial charge in [0.05, 0.1) is 23.2 Å². The van der Waals surface area contributed by atoms with Crippen molar-refractivity contribution in [2.45, 2.75) is 45.8 Å². The fourth-order valence-corrected chi connectivity index (χ4v) is 4.06. The van der Waals surface area contributed by atoms with Gasteiger partial charge in [0.1, 0.15) is 12.7 Å². The summed E-state index contributed by atoms with van der Waals surface area (Å²) in [6.07, 6.45) is -0.999. The van der Waals surface area contributed by atoms with Gasteiger partial charge in [-0.1, -0.05) is 42.5 Å². The number of methoxy groups -OCH3 is 1. The molecule has 0 fully saturated rings. The van der Waals surface area contributed by atoms with E-state index in [2.05, 4.69) is 5.32 Å². The number of rotatable bonds is 8. The minimum atomic E-state index is -1.23. The molecule has 0 radical (unpaired) electrons. The summed E-state index contributed by atoms with van der Waals surface area (Å²) in [7, 11) is 1.50. The molecule has 1 N–H and O–H groups in total. The average Bonchev–Trinajstić information content (AvgIpc) is 2.80. The van der Waals surface area contributed by atoms with E-state index in [4.69, 9.17) is 14.2 Å². The molecule has 2 aromatic rings. The van der Waals surface area contributed by atoms with Gasteiger partial charge in [-0.3, -0.25) is 0 Å². The number of halogens is 2. The van der Waals surface area contributed by atoms with Crippen LogP contribution in [0.5, 0.6) is 0 Å². The Morgan fingerprint density at radius 2 is 1.57 bits per heavy atom. The summed E-state index contributed by atoms with van der Waals surface area (Å²) >= 11 is 0. The van der Waals surface area contributed by atoms with E-state index in [0.717, 1.165) is 11.6 Å². The quantitative estimate of drug-likeness (QED) is 0.526.